The van der Waals surface area contributed by atoms with Crippen LogP contribution in [0.5, 0.6) is 0 Å². The van der Waals surface area contributed by atoms with E-state index in [2.05, 4.69) is 35.0 Å². The van der Waals surface area contributed by atoms with E-state index in [4.69, 9.17) is 0 Å². The topological polar surface area (TPSA) is 46.9 Å². The predicted molar refractivity (Wildman–Crippen MR) is 69.3 cm³/mol. The summed E-state index contributed by atoms with van der Waals surface area (Å²) in [4.78, 5) is 12.2. The van der Waals surface area contributed by atoms with E-state index in [-0.39, 0.29) is 11.3 Å². The van der Waals surface area contributed by atoms with Crippen LogP contribution in [0.1, 0.15) is 57.2 Å². The van der Waals surface area contributed by atoms with Gasteiger partial charge in [-0.15, -0.1) is 0 Å². The van der Waals surface area contributed by atoms with Crippen molar-refractivity contribution in [3.8, 4) is 0 Å². The highest BCUT2D eigenvalue weighted by molar-refractivity contribution is 5.86. The molecule has 1 aromatic rings. The second-order valence-corrected chi connectivity index (χ2v) is 5.92. The van der Waals surface area contributed by atoms with E-state index in [1.165, 1.54) is 18.5 Å². The lowest BCUT2D eigenvalue weighted by atomic mass is 9.74. The van der Waals surface area contributed by atoms with Gasteiger partial charge in [-0.3, -0.25) is 9.48 Å². The van der Waals surface area contributed by atoms with E-state index in [1.54, 1.807) is 0 Å². The minimum absolute atomic E-state index is 0.146. The van der Waals surface area contributed by atoms with Gasteiger partial charge in [-0.25, -0.2) is 0 Å². The number of rotatable bonds is 2. The number of amides is 1. The van der Waals surface area contributed by atoms with Gasteiger partial charge in [0.2, 0.25) is 5.91 Å². The van der Waals surface area contributed by atoms with Crippen molar-refractivity contribution in [2.75, 3.05) is 6.54 Å². The van der Waals surface area contributed by atoms with Crippen LogP contribution >= 0.6 is 0 Å². The molecule has 2 heterocycles. The maximum atomic E-state index is 12.2. The molecule has 1 N–H and O–H groups in total. The van der Waals surface area contributed by atoms with Gasteiger partial charge in [0.15, 0.2) is 0 Å². The Morgan fingerprint density at radius 2 is 2.17 bits per heavy atom. The second-order valence-electron chi connectivity index (χ2n) is 5.92. The Bertz CT molecular complexity index is 457. The number of nitrogens with zero attached hydrogens (tertiary/aromatic N) is 2. The molecule has 18 heavy (non-hydrogen) atoms. The van der Waals surface area contributed by atoms with Crippen LogP contribution in [0.2, 0.25) is 0 Å². The summed E-state index contributed by atoms with van der Waals surface area (Å²) in [6, 6.07) is 2.44. The van der Waals surface area contributed by atoms with Gasteiger partial charge < -0.3 is 5.32 Å². The van der Waals surface area contributed by atoms with Crippen LogP contribution in [0.3, 0.4) is 0 Å². The maximum Gasteiger partial charge on any atom is 0.226 e. The van der Waals surface area contributed by atoms with Crippen molar-refractivity contribution in [1.29, 1.82) is 0 Å². The highest BCUT2D eigenvalue weighted by Gasteiger charge is 2.53. The van der Waals surface area contributed by atoms with Gasteiger partial charge in [-0.2, -0.15) is 5.10 Å². The first-order valence-corrected chi connectivity index (χ1v) is 6.97. The van der Waals surface area contributed by atoms with Crippen molar-refractivity contribution in [2.24, 2.45) is 5.41 Å². The zero-order valence-electron chi connectivity index (χ0n) is 11.1. The Morgan fingerprint density at radius 1 is 1.44 bits per heavy atom. The largest absolute Gasteiger partial charge is 0.355 e. The number of hydrogen-bond acceptors (Lipinski definition) is 2. The van der Waals surface area contributed by atoms with Crippen LogP contribution < -0.4 is 5.32 Å². The normalized spacial score (nSPS) is 26.2. The predicted octanol–water partition coefficient (Wildman–Crippen LogP) is 2.24. The first-order chi connectivity index (χ1) is 8.65. The summed E-state index contributed by atoms with van der Waals surface area (Å²) in [5.74, 6) is 0.568. The lowest BCUT2D eigenvalue weighted by molar-refractivity contribution is -0.127. The number of nitrogens with one attached hydrogen (secondary N) is 1. The highest BCUT2D eigenvalue weighted by atomic mass is 16.2. The van der Waals surface area contributed by atoms with Gasteiger partial charge >= 0.3 is 0 Å². The fourth-order valence-corrected chi connectivity index (χ4v) is 3.73. The molecular weight excluding hydrogens is 226 g/mol. The van der Waals surface area contributed by atoms with Crippen LogP contribution in [0, 0.1) is 5.41 Å². The minimum atomic E-state index is -0.146. The monoisotopic (exact) mass is 247 g/mol. The first-order valence-electron chi connectivity index (χ1n) is 6.97. The number of carbonyl (C=O) groups is 1. The molecule has 0 unspecified atom stereocenters. The van der Waals surface area contributed by atoms with E-state index in [9.17, 15) is 4.79 Å². The Morgan fingerprint density at radius 3 is 2.83 bits per heavy atom. The Hall–Kier alpha value is -1.32. The van der Waals surface area contributed by atoms with Gasteiger partial charge in [-0.1, -0.05) is 12.8 Å². The zero-order valence-corrected chi connectivity index (χ0v) is 11.1. The van der Waals surface area contributed by atoms with Crippen molar-refractivity contribution in [2.45, 2.75) is 51.5 Å². The third-order valence-corrected chi connectivity index (χ3v) is 4.63. The molecule has 1 aliphatic carbocycles. The fraction of sp³-hybridized carbons (Fsp3) is 0.714. The first kappa shape index (κ1) is 11.8. The van der Waals surface area contributed by atoms with Gasteiger partial charge in [0, 0.05) is 30.4 Å². The Kier molecular flexibility index (Phi) is 2.68. The molecule has 1 atom stereocenters. The van der Waals surface area contributed by atoms with Crippen LogP contribution in [0.25, 0.3) is 0 Å². The summed E-state index contributed by atoms with van der Waals surface area (Å²) in [6.45, 7) is 5.06. The molecular formula is C14H21N3O. The molecule has 0 bridgehead atoms. The molecule has 4 heteroatoms. The molecule has 0 aromatic carbocycles. The van der Waals surface area contributed by atoms with Crippen LogP contribution in [-0.4, -0.2) is 22.2 Å². The smallest absolute Gasteiger partial charge is 0.226 e. The minimum Gasteiger partial charge on any atom is -0.355 e. The van der Waals surface area contributed by atoms with E-state index >= 15 is 0 Å². The molecule has 2 fully saturated rings. The quantitative estimate of drug-likeness (QED) is 0.871. The fourth-order valence-electron chi connectivity index (χ4n) is 3.73. The maximum absolute atomic E-state index is 12.2. The highest BCUT2D eigenvalue weighted by Crippen LogP contribution is 2.51. The Balaban J connectivity index is 2.00. The van der Waals surface area contributed by atoms with Gasteiger partial charge in [0.05, 0.1) is 5.41 Å². The van der Waals surface area contributed by atoms with E-state index in [0.717, 1.165) is 19.4 Å². The molecule has 1 saturated heterocycles. The third-order valence-electron chi connectivity index (χ3n) is 4.63. The van der Waals surface area contributed by atoms with Crippen molar-refractivity contribution in [1.82, 2.24) is 15.1 Å². The van der Waals surface area contributed by atoms with Gasteiger partial charge in [0.1, 0.15) is 0 Å². The molecule has 1 amide bonds. The number of hydrogen-bond donors (Lipinski definition) is 1. The Labute approximate surface area is 108 Å². The van der Waals surface area contributed by atoms with Crippen LogP contribution in [0.15, 0.2) is 12.3 Å². The molecule has 1 saturated carbocycles. The molecule has 1 spiro atoms. The molecule has 1 aliphatic heterocycles. The van der Waals surface area contributed by atoms with Gasteiger partial charge in [0.25, 0.3) is 0 Å². The number of carbonyl (C=O) groups excluding carboxylic acids is 1. The SMILES string of the molecule is CC(C)n1nccc1[C@H]1CNC(=O)C12CCCC2. The lowest BCUT2D eigenvalue weighted by Crippen LogP contribution is -2.32. The molecule has 1 aromatic heterocycles. The second kappa shape index (κ2) is 4.11. The van der Waals surface area contributed by atoms with Crippen LogP contribution in [0.4, 0.5) is 0 Å². The lowest BCUT2D eigenvalue weighted by Gasteiger charge is -2.28. The van der Waals surface area contributed by atoms with Crippen molar-refractivity contribution in [3.63, 3.8) is 0 Å². The molecule has 98 valence electrons. The zero-order chi connectivity index (χ0) is 12.8. The van der Waals surface area contributed by atoms with E-state index in [1.807, 2.05) is 6.20 Å². The summed E-state index contributed by atoms with van der Waals surface area (Å²) < 4.78 is 2.07. The van der Waals surface area contributed by atoms with E-state index in [0.29, 0.717) is 12.0 Å². The molecule has 3 rings (SSSR count). The summed E-state index contributed by atoms with van der Waals surface area (Å²) in [7, 11) is 0. The molecule has 2 aliphatic rings. The summed E-state index contributed by atoms with van der Waals surface area (Å²) in [5, 5.41) is 7.49. The van der Waals surface area contributed by atoms with Crippen molar-refractivity contribution < 1.29 is 4.79 Å². The molecule has 4 nitrogen and oxygen atoms in total. The average molecular weight is 247 g/mol. The standard InChI is InChI=1S/C14H21N3O/c1-10(2)17-12(5-8-16-17)11-9-15-13(18)14(11)6-3-4-7-14/h5,8,10-11H,3-4,6-7,9H2,1-2H3,(H,15,18)/t11-/m1/s1. The van der Waals surface area contributed by atoms with Crippen molar-refractivity contribution >= 4 is 5.91 Å². The molecule has 0 radical (unpaired) electrons. The van der Waals surface area contributed by atoms with Crippen molar-refractivity contribution in [3.05, 3.63) is 18.0 Å². The number of aromatic nitrogens is 2. The summed E-state index contributed by atoms with van der Waals surface area (Å²) in [5.41, 5.74) is 1.08. The third kappa shape index (κ3) is 1.51. The summed E-state index contributed by atoms with van der Waals surface area (Å²) in [6.07, 6.45) is 6.29. The summed E-state index contributed by atoms with van der Waals surface area (Å²) >= 11 is 0. The van der Waals surface area contributed by atoms with Gasteiger partial charge in [-0.05, 0) is 32.8 Å². The van der Waals surface area contributed by atoms with E-state index < -0.39 is 0 Å². The average Bonchev–Trinajstić information content (AvgIpc) is 3.03. The van der Waals surface area contributed by atoms with Crippen LogP contribution in [-0.2, 0) is 4.79 Å².